The van der Waals surface area contributed by atoms with E-state index in [9.17, 15) is 25.3 Å². The minimum atomic E-state index is -3.65. The fourth-order valence-corrected chi connectivity index (χ4v) is 6.48. The zero-order valence-electron chi connectivity index (χ0n) is 29.2. The molecule has 3 aromatic carbocycles. The molecule has 0 aliphatic heterocycles. The van der Waals surface area contributed by atoms with Crippen molar-refractivity contribution in [2.75, 3.05) is 79.7 Å². The van der Waals surface area contributed by atoms with Crippen molar-refractivity contribution in [1.82, 2.24) is 0 Å². The van der Waals surface area contributed by atoms with Crippen molar-refractivity contribution in [3.8, 4) is 34.5 Å². The Bertz CT molecular complexity index is 1790. The van der Waals surface area contributed by atoms with E-state index in [1.165, 1.54) is 21.3 Å². The van der Waals surface area contributed by atoms with Gasteiger partial charge in [0.2, 0.25) is 0 Å². The van der Waals surface area contributed by atoms with Gasteiger partial charge in [-0.05, 0) is 89.0 Å². The molecule has 0 radical (unpaired) electrons. The van der Waals surface area contributed by atoms with Crippen molar-refractivity contribution >= 4 is 30.4 Å². The normalized spacial score (nSPS) is 13.1. The highest BCUT2D eigenvalue weighted by Crippen LogP contribution is 2.41. The molecule has 1 aliphatic carbocycles. The van der Waals surface area contributed by atoms with E-state index in [1.54, 1.807) is 0 Å². The standard InChI is InChI=1S/C33H42O15S3/c1-40-28-16-22-13-26-20-32(44-8-11-47-50(5,36)37)30(42-3)18-24(26)15-27-21-33(45-9-12-48-51(6,38)39)29(41-2)17-23(27)14-25(22)19-31(28)43-7-10-46-49(4,34)35/h16-21H,7-15H2,1-6H3. The molecule has 0 saturated carbocycles. The Hall–Kier alpha value is -3.81. The first kappa shape index (κ1) is 40.0. The van der Waals surface area contributed by atoms with E-state index in [-0.39, 0.29) is 39.6 Å². The molecule has 51 heavy (non-hydrogen) atoms. The lowest BCUT2D eigenvalue weighted by molar-refractivity contribution is 0.216. The van der Waals surface area contributed by atoms with Gasteiger partial charge in [0.25, 0.3) is 30.4 Å². The molecule has 0 heterocycles. The van der Waals surface area contributed by atoms with E-state index in [0.717, 1.165) is 52.1 Å². The van der Waals surface area contributed by atoms with E-state index in [1.807, 2.05) is 36.4 Å². The minimum Gasteiger partial charge on any atom is -0.493 e. The van der Waals surface area contributed by atoms with Gasteiger partial charge in [0.15, 0.2) is 34.5 Å². The van der Waals surface area contributed by atoms with E-state index >= 15 is 0 Å². The number of hydrogen-bond donors (Lipinski definition) is 0. The fourth-order valence-electron chi connectivity index (χ4n) is 5.36. The van der Waals surface area contributed by atoms with Crippen LogP contribution in [0.15, 0.2) is 36.4 Å². The molecule has 0 N–H and O–H groups in total. The molecule has 3 aromatic rings. The predicted octanol–water partition coefficient (Wildman–Crippen LogP) is 2.86. The maximum absolute atomic E-state index is 11.4. The van der Waals surface area contributed by atoms with Gasteiger partial charge in [-0.3, -0.25) is 12.5 Å². The van der Waals surface area contributed by atoms with Crippen LogP contribution in [0.5, 0.6) is 34.5 Å². The van der Waals surface area contributed by atoms with E-state index in [0.29, 0.717) is 53.8 Å². The summed E-state index contributed by atoms with van der Waals surface area (Å²) in [6.07, 6.45) is 4.16. The molecule has 0 saturated heterocycles. The molecule has 0 bridgehead atoms. The summed E-state index contributed by atoms with van der Waals surface area (Å²) >= 11 is 0. The zero-order chi connectivity index (χ0) is 37.4. The summed E-state index contributed by atoms with van der Waals surface area (Å²) in [5, 5.41) is 0. The summed E-state index contributed by atoms with van der Waals surface area (Å²) in [6.45, 7) is -0.729. The van der Waals surface area contributed by atoms with Gasteiger partial charge in [0.1, 0.15) is 39.6 Å². The second-order valence-electron chi connectivity index (χ2n) is 11.5. The SMILES string of the molecule is COc1cc2c(cc1OCCOS(C)(=O)=O)Cc1cc(OC)c(OCCOS(C)(=O)=O)cc1Cc1cc(OC)c(OCCOS(C)(=O)=O)cc1C2. The minimum absolute atomic E-state index is 0.0528. The summed E-state index contributed by atoms with van der Waals surface area (Å²) < 4.78 is 118. The highest BCUT2D eigenvalue weighted by Gasteiger charge is 2.23. The summed E-state index contributed by atoms with van der Waals surface area (Å²) in [6, 6.07) is 11.1. The third-order valence-electron chi connectivity index (χ3n) is 7.52. The highest BCUT2D eigenvalue weighted by atomic mass is 32.2. The van der Waals surface area contributed by atoms with E-state index in [2.05, 4.69) is 0 Å². The van der Waals surface area contributed by atoms with Gasteiger partial charge in [0, 0.05) is 0 Å². The summed E-state index contributed by atoms with van der Waals surface area (Å²) in [7, 11) is -6.44. The maximum Gasteiger partial charge on any atom is 0.264 e. The lowest BCUT2D eigenvalue weighted by Gasteiger charge is -2.18. The van der Waals surface area contributed by atoms with Crippen LogP contribution in [0.3, 0.4) is 0 Å². The average Bonchev–Trinajstić information content (AvgIpc) is 3.09. The second-order valence-corrected chi connectivity index (χ2v) is 16.4. The van der Waals surface area contributed by atoms with Crippen molar-refractivity contribution in [2.24, 2.45) is 0 Å². The molecule has 0 atom stereocenters. The predicted molar refractivity (Wildman–Crippen MR) is 186 cm³/mol. The monoisotopic (exact) mass is 774 g/mol. The molecule has 1 aliphatic rings. The van der Waals surface area contributed by atoms with Crippen LogP contribution in [0, 0.1) is 0 Å². The molecule has 0 aromatic heterocycles. The van der Waals surface area contributed by atoms with Gasteiger partial charge in [-0.25, -0.2) is 0 Å². The fraction of sp³-hybridized carbons (Fsp3) is 0.455. The van der Waals surface area contributed by atoms with Crippen LogP contribution in [0.1, 0.15) is 33.4 Å². The molecular formula is C33H42O15S3. The highest BCUT2D eigenvalue weighted by molar-refractivity contribution is 7.86. The summed E-state index contributed by atoms with van der Waals surface area (Å²) in [5.74, 6) is 2.43. The Morgan fingerprint density at radius 3 is 0.804 bits per heavy atom. The summed E-state index contributed by atoms with van der Waals surface area (Å²) in [4.78, 5) is 0. The van der Waals surface area contributed by atoms with Crippen LogP contribution in [0.4, 0.5) is 0 Å². The number of rotatable bonds is 18. The molecule has 0 fully saturated rings. The van der Waals surface area contributed by atoms with Crippen LogP contribution < -0.4 is 28.4 Å². The molecule has 0 unspecified atom stereocenters. The number of fused-ring (bicyclic) bond motifs is 3. The van der Waals surface area contributed by atoms with Crippen molar-refractivity contribution in [3.63, 3.8) is 0 Å². The third kappa shape index (κ3) is 12.1. The smallest absolute Gasteiger partial charge is 0.264 e. The first-order chi connectivity index (χ1) is 24.0. The van der Waals surface area contributed by atoms with Gasteiger partial charge in [-0.1, -0.05) is 0 Å². The average molecular weight is 775 g/mol. The van der Waals surface area contributed by atoms with Gasteiger partial charge < -0.3 is 28.4 Å². The Morgan fingerprint density at radius 1 is 0.392 bits per heavy atom. The Morgan fingerprint density at radius 2 is 0.608 bits per heavy atom. The van der Waals surface area contributed by atoms with Gasteiger partial charge in [-0.2, -0.15) is 25.3 Å². The number of benzene rings is 3. The van der Waals surface area contributed by atoms with Crippen molar-refractivity contribution in [2.45, 2.75) is 19.3 Å². The maximum atomic E-state index is 11.4. The summed E-state index contributed by atoms with van der Waals surface area (Å²) in [5.41, 5.74) is 5.32. The van der Waals surface area contributed by atoms with Gasteiger partial charge >= 0.3 is 0 Å². The Kier molecular flexibility index (Phi) is 13.4. The first-order valence-corrected chi connectivity index (χ1v) is 20.9. The molecule has 282 valence electrons. The lowest BCUT2D eigenvalue weighted by atomic mass is 9.94. The molecule has 15 nitrogen and oxygen atoms in total. The molecule has 0 amide bonds. The van der Waals surface area contributed by atoms with Crippen LogP contribution >= 0.6 is 0 Å². The van der Waals surface area contributed by atoms with E-state index < -0.39 is 30.4 Å². The number of methoxy groups -OCH3 is 3. The number of hydrogen-bond acceptors (Lipinski definition) is 15. The second kappa shape index (κ2) is 17.1. The Labute approximate surface area is 299 Å². The lowest BCUT2D eigenvalue weighted by Crippen LogP contribution is -2.12. The van der Waals surface area contributed by atoms with Crippen LogP contribution in [0.2, 0.25) is 0 Å². The molecule has 18 heteroatoms. The third-order valence-corrected chi connectivity index (χ3v) is 9.30. The molecular weight excluding hydrogens is 733 g/mol. The van der Waals surface area contributed by atoms with Crippen LogP contribution in [-0.2, 0) is 62.2 Å². The topological polar surface area (TPSA) is 185 Å². The quantitative estimate of drug-likeness (QED) is 0.106. The Balaban J connectivity index is 1.80. The van der Waals surface area contributed by atoms with Crippen LogP contribution in [-0.4, -0.2) is 105 Å². The largest absolute Gasteiger partial charge is 0.493 e. The number of ether oxygens (including phenoxy) is 6. The van der Waals surface area contributed by atoms with Gasteiger partial charge in [-0.15, -0.1) is 0 Å². The zero-order valence-corrected chi connectivity index (χ0v) is 31.6. The van der Waals surface area contributed by atoms with Crippen molar-refractivity contribution in [3.05, 3.63) is 69.8 Å². The van der Waals surface area contributed by atoms with Crippen LogP contribution in [0.25, 0.3) is 0 Å². The molecule has 4 rings (SSSR count). The first-order valence-electron chi connectivity index (χ1n) is 15.5. The van der Waals surface area contributed by atoms with E-state index in [4.69, 9.17) is 41.0 Å². The molecule has 0 spiro atoms. The van der Waals surface area contributed by atoms with Crippen molar-refractivity contribution < 1.29 is 66.2 Å². The van der Waals surface area contributed by atoms with Gasteiger partial charge in [0.05, 0.1) is 40.1 Å². The van der Waals surface area contributed by atoms with Crippen molar-refractivity contribution in [1.29, 1.82) is 0 Å².